The van der Waals surface area contributed by atoms with Crippen molar-refractivity contribution in [2.45, 2.75) is 38.8 Å². The Morgan fingerprint density at radius 3 is 2.42 bits per heavy atom. The van der Waals surface area contributed by atoms with Crippen molar-refractivity contribution in [1.82, 2.24) is 25.2 Å². The number of pyridine rings is 2. The van der Waals surface area contributed by atoms with Crippen LogP contribution >= 0.6 is 0 Å². The van der Waals surface area contributed by atoms with Crippen molar-refractivity contribution in [2.24, 2.45) is 5.92 Å². The lowest BCUT2D eigenvalue weighted by Crippen LogP contribution is -2.41. The maximum absolute atomic E-state index is 13.6. The Kier molecular flexibility index (Phi) is 6.20. The number of rotatable bonds is 6. The Hall–Kier alpha value is -3.09. The van der Waals surface area contributed by atoms with E-state index in [1.165, 1.54) is 30.5 Å². The van der Waals surface area contributed by atoms with Gasteiger partial charge in [0.2, 0.25) is 0 Å². The molecule has 0 aliphatic carbocycles. The summed E-state index contributed by atoms with van der Waals surface area (Å²) in [5.74, 6) is 0.448. The van der Waals surface area contributed by atoms with Crippen molar-refractivity contribution >= 4 is 5.52 Å². The predicted molar refractivity (Wildman–Crippen MR) is 130 cm³/mol. The fourth-order valence-electron chi connectivity index (χ4n) is 4.91. The van der Waals surface area contributed by atoms with Gasteiger partial charge in [0, 0.05) is 41.8 Å². The van der Waals surface area contributed by atoms with Gasteiger partial charge < -0.3 is 10.6 Å². The third-order valence-corrected chi connectivity index (χ3v) is 6.84. The summed E-state index contributed by atoms with van der Waals surface area (Å²) in [6.45, 7) is 6.72. The minimum absolute atomic E-state index is 0.210. The molecule has 5 rings (SSSR count). The number of benzene rings is 1. The molecule has 1 aliphatic heterocycles. The lowest BCUT2D eigenvalue weighted by Gasteiger charge is -2.31. The standard InChI is InChI=1S/C27H30FN5/c1-18(20-9-13-29-14-10-20)31-19(2)23-5-8-25-26(21-11-15-30-16-12-21)27(32-33(25)17-23)22-3-6-24(28)7-4-22/h3-8,11-12,15-20,29,31H,9-10,13-14H2,1-2H3/t18-,19+/m1/s1. The van der Waals surface area contributed by atoms with Gasteiger partial charge in [0.25, 0.3) is 0 Å². The zero-order valence-electron chi connectivity index (χ0n) is 19.1. The highest BCUT2D eigenvalue weighted by molar-refractivity contribution is 5.92. The SMILES string of the molecule is C[C@H](N[C@H](C)C1CCNCC1)c1ccc2c(-c3ccncc3)c(-c3ccc(F)cc3)nn2c1. The van der Waals surface area contributed by atoms with Crippen molar-refractivity contribution in [3.05, 3.63) is 78.5 Å². The zero-order valence-corrected chi connectivity index (χ0v) is 19.1. The number of fused-ring (bicyclic) bond motifs is 1. The first-order valence-corrected chi connectivity index (χ1v) is 11.8. The average molecular weight is 444 g/mol. The third kappa shape index (κ3) is 4.54. The van der Waals surface area contributed by atoms with Gasteiger partial charge in [0.15, 0.2) is 0 Å². The Morgan fingerprint density at radius 2 is 1.70 bits per heavy atom. The monoisotopic (exact) mass is 443 g/mol. The number of halogens is 1. The number of nitrogens with zero attached hydrogens (tertiary/aromatic N) is 3. The quantitative estimate of drug-likeness (QED) is 0.428. The van der Waals surface area contributed by atoms with Crippen LogP contribution in [0.2, 0.25) is 0 Å². The highest BCUT2D eigenvalue weighted by Gasteiger charge is 2.22. The zero-order chi connectivity index (χ0) is 22.8. The second-order valence-electron chi connectivity index (χ2n) is 9.02. The van der Waals surface area contributed by atoms with E-state index in [0.717, 1.165) is 41.0 Å². The maximum Gasteiger partial charge on any atom is 0.123 e. The van der Waals surface area contributed by atoms with Gasteiger partial charge in [0.05, 0.1) is 5.52 Å². The molecule has 5 nitrogen and oxygen atoms in total. The van der Waals surface area contributed by atoms with Crippen molar-refractivity contribution in [3.8, 4) is 22.4 Å². The van der Waals surface area contributed by atoms with E-state index >= 15 is 0 Å². The molecule has 0 bridgehead atoms. The molecule has 4 aromatic rings. The van der Waals surface area contributed by atoms with E-state index in [1.54, 1.807) is 24.5 Å². The predicted octanol–water partition coefficient (Wildman–Crippen LogP) is 5.24. The number of nitrogens with one attached hydrogen (secondary N) is 2. The van der Waals surface area contributed by atoms with Gasteiger partial charge in [-0.05, 0) is 99.3 Å². The average Bonchev–Trinajstić information content (AvgIpc) is 3.24. The van der Waals surface area contributed by atoms with Gasteiger partial charge in [-0.15, -0.1) is 0 Å². The Bertz CT molecular complexity index is 1210. The first-order chi connectivity index (χ1) is 16.1. The van der Waals surface area contributed by atoms with E-state index < -0.39 is 0 Å². The number of piperidine rings is 1. The normalized spacial score (nSPS) is 16.7. The summed E-state index contributed by atoms with van der Waals surface area (Å²) in [4.78, 5) is 4.16. The lowest BCUT2D eigenvalue weighted by atomic mass is 9.90. The molecular formula is C27H30FN5. The van der Waals surface area contributed by atoms with Crippen LogP contribution in [0.25, 0.3) is 27.9 Å². The molecule has 3 aromatic heterocycles. The van der Waals surface area contributed by atoms with Crippen molar-refractivity contribution in [3.63, 3.8) is 0 Å². The highest BCUT2D eigenvalue weighted by Crippen LogP contribution is 2.35. The molecule has 1 aliphatic rings. The van der Waals surface area contributed by atoms with Crippen LogP contribution in [0.3, 0.4) is 0 Å². The molecule has 0 amide bonds. The Labute approximate surface area is 194 Å². The summed E-state index contributed by atoms with van der Waals surface area (Å²) in [6.07, 6.45) is 8.12. The molecule has 1 aromatic carbocycles. The molecule has 0 radical (unpaired) electrons. The van der Waals surface area contributed by atoms with Crippen molar-refractivity contribution < 1.29 is 4.39 Å². The molecule has 6 heteroatoms. The molecule has 1 saturated heterocycles. The first kappa shape index (κ1) is 21.7. The first-order valence-electron chi connectivity index (χ1n) is 11.8. The lowest BCUT2D eigenvalue weighted by molar-refractivity contribution is 0.278. The molecule has 2 atom stereocenters. The van der Waals surface area contributed by atoms with E-state index in [4.69, 9.17) is 5.10 Å². The molecule has 170 valence electrons. The van der Waals surface area contributed by atoms with Gasteiger partial charge in [-0.1, -0.05) is 6.07 Å². The summed E-state index contributed by atoms with van der Waals surface area (Å²) >= 11 is 0. The minimum Gasteiger partial charge on any atom is -0.317 e. The van der Waals surface area contributed by atoms with Gasteiger partial charge in [-0.3, -0.25) is 4.98 Å². The minimum atomic E-state index is -0.252. The third-order valence-electron chi connectivity index (χ3n) is 6.84. The van der Waals surface area contributed by atoms with E-state index in [9.17, 15) is 4.39 Å². The fraction of sp³-hybridized carbons (Fsp3) is 0.333. The highest BCUT2D eigenvalue weighted by atomic mass is 19.1. The van der Waals surface area contributed by atoms with Gasteiger partial charge >= 0.3 is 0 Å². The number of hydrogen-bond donors (Lipinski definition) is 2. The Balaban J connectivity index is 1.51. The van der Waals surface area contributed by atoms with Gasteiger partial charge in [-0.25, -0.2) is 8.91 Å². The molecule has 33 heavy (non-hydrogen) atoms. The van der Waals surface area contributed by atoms with E-state index in [0.29, 0.717) is 12.0 Å². The summed E-state index contributed by atoms with van der Waals surface area (Å²) in [5.41, 5.74) is 6.00. The topological polar surface area (TPSA) is 54.2 Å². The van der Waals surface area contributed by atoms with Crippen LogP contribution in [0.5, 0.6) is 0 Å². The number of aromatic nitrogens is 3. The molecule has 0 unspecified atom stereocenters. The summed E-state index contributed by atoms with van der Waals surface area (Å²) in [5, 5.41) is 12.2. The van der Waals surface area contributed by atoms with Gasteiger partial charge in [0.1, 0.15) is 11.5 Å². The van der Waals surface area contributed by atoms with E-state index in [2.05, 4.69) is 47.8 Å². The van der Waals surface area contributed by atoms with Crippen LogP contribution in [0, 0.1) is 11.7 Å². The second-order valence-corrected chi connectivity index (χ2v) is 9.02. The van der Waals surface area contributed by atoms with Crippen LogP contribution < -0.4 is 10.6 Å². The maximum atomic E-state index is 13.6. The van der Waals surface area contributed by atoms with E-state index in [1.807, 2.05) is 16.6 Å². The Morgan fingerprint density at radius 1 is 0.970 bits per heavy atom. The van der Waals surface area contributed by atoms with E-state index in [-0.39, 0.29) is 11.9 Å². The summed E-state index contributed by atoms with van der Waals surface area (Å²) in [6, 6.07) is 15.5. The van der Waals surface area contributed by atoms with Crippen LogP contribution in [-0.2, 0) is 0 Å². The molecular weight excluding hydrogens is 413 g/mol. The van der Waals surface area contributed by atoms with Crippen LogP contribution in [-0.4, -0.2) is 33.7 Å². The fourth-order valence-corrected chi connectivity index (χ4v) is 4.91. The largest absolute Gasteiger partial charge is 0.317 e. The molecule has 2 N–H and O–H groups in total. The molecule has 4 heterocycles. The van der Waals surface area contributed by atoms with Crippen LogP contribution in [0.15, 0.2) is 67.1 Å². The van der Waals surface area contributed by atoms with Crippen molar-refractivity contribution in [1.29, 1.82) is 0 Å². The van der Waals surface area contributed by atoms with Crippen LogP contribution in [0.1, 0.15) is 38.3 Å². The molecule has 0 saturated carbocycles. The second kappa shape index (κ2) is 9.41. The summed E-state index contributed by atoms with van der Waals surface area (Å²) < 4.78 is 15.5. The smallest absolute Gasteiger partial charge is 0.123 e. The molecule has 0 spiro atoms. The summed E-state index contributed by atoms with van der Waals surface area (Å²) in [7, 11) is 0. The van der Waals surface area contributed by atoms with Crippen LogP contribution in [0.4, 0.5) is 4.39 Å². The van der Waals surface area contributed by atoms with Crippen molar-refractivity contribution in [2.75, 3.05) is 13.1 Å². The molecule has 1 fully saturated rings. The number of hydrogen-bond acceptors (Lipinski definition) is 4. The van der Waals surface area contributed by atoms with Gasteiger partial charge in [-0.2, -0.15) is 5.10 Å².